The fourth-order valence-electron chi connectivity index (χ4n) is 1.23. The Morgan fingerprint density at radius 2 is 2.12 bits per heavy atom. The summed E-state index contributed by atoms with van der Waals surface area (Å²) in [5.74, 6) is -0.308. The average Bonchev–Trinajstić information content (AvgIpc) is 2.22. The summed E-state index contributed by atoms with van der Waals surface area (Å²) in [5.41, 5.74) is 0.846. The smallest absolute Gasteiger partial charge is 0.326 e. The zero-order chi connectivity index (χ0) is 13.4. The molecule has 0 heterocycles. The van der Waals surface area contributed by atoms with Crippen LogP contribution < -0.4 is 5.32 Å². The van der Waals surface area contributed by atoms with Crippen molar-refractivity contribution in [1.82, 2.24) is 10.2 Å². The molecule has 17 heavy (non-hydrogen) atoms. The highest BCUT2D eigenvalue weighted by atomic mass is 32.2. The van der Waals surface area contributed by atoms with E-state index in [9.17, 15) is 9.59 Å². The van der Waals surface area contributed by atoms with Crippen molar-refractivity contribution in [3.8, 4) is 0 Å². The number of nitrogens with zero attached hydrogens (tertiary/aromatic N) is 1. The van der Waals surface area contributed by atoms with E-state index in [-0.39, 0.29) is 6.03 Å². The maximum Gasteiger partial charge on any atom is 0.326 e. The van der Waals surface area contributed by atoms with Gasteiger partial charge >= 0.3 is 12.0 Å². The number of hydrogen-bond acceptors (Lipinski definition) is 3. The first-order valence-electron chi connectivity index (χ1n) is 5.26. The van der Waals surface area contributed by atoms with Crippen LogP contribution in [0.5, 0.6) is 0 Å². The van der Waals surface area contributed by atoms with E-state index in [1.807, 2.05) is 13.2 Å². The van der Waals surface area contributed by atoms with Gasteiger partial charge in [0, 0.05) is 13.6 Å². The fourth-order valence-corrected chi connectivity index (χ4v) is 1.70. The van der Waals surface area contributed by atoms with Gasteiger partial charge in [-0.3, -0.25) is 0 Å². The van der Waals surface area contributed by atoms with E-state index >= 15 is 0 Å². The molecule has 1 atom stereocenters. The third-order valence-corrected chi connectivity index (χ3v) is 2.70. The Balaban J connectivity index is 4.29. The maximum absolute atomic E-state index is 11.7. The molecule has 0 aromatic heterocycles. The van der Waals surface area contributed by atoms with Crippen molar-refractivity contribution < 1.29 is 14.7 Å². The van der Waals surface area contributed by atoms with E-state index in [0.717, 1.165) is 5.57 Å². The number of urea groups is 1. The molecule has 0 aromatic carbocycles. The normalized spacial score (nSPS) is 11.7. The van der Waals surface area contributed by atoms with Crippen LogP contribution >= 0.6 is 11.8 Å². The number of thioether (sulfide) groups is 1. The minimum atomic E-state index is -1.00. The zero-order valence-electron chi connectivity index (χ0n) is 10.5. The van der Waals surface area contributed by atoms with Crippen LogP contribution in [0, 0.1) is 0 Å². The van der Waals surface area contributed by atoms with Crippen molar-refractivity contribution >= 4 is 23.8 Å². The van der Waals surface area contributed by atoms with Gasteiger partial charge in [0.2, 0.25) is 0 Å². The average molecular weight is 260 g/mol. The van der Waals surface area contributed by atoms with Gasteiger partial charge in [-0.15, -0.1) is 0 Å². The Labute approximate surface area is 106 Å². The van der Waals surface area contributed by atoms with E-state index in [2.05, 4.69) is 11.9 Å². The molecule has 6 heteroatoms. The molecule has 0 spiro atoms. The van der Waals surface area contributed by atoms with Crippen LogP contribution in [0.3, 0.4) is 0 Å². The number of carboxylic acid groups (broad SMARTS) is 1. The number of carboxylic acids is 1. The Hall–Kier alpha value is -1.17. The molecule has 0 fully saturated rings. The first-order chi connectivity index (χ1) is 7.88. The van der Waals surface area contributed by atoms with Crippen LogP contribution in [0.2, 0.25) is 0 Å². The fraction of sp³-hybridized carbons (Fsp3) is 0.636. The van der Waals surface area contributed by atoms with Crippen molar-refractivity contribution in [3.05, 3.63) is 12.2 Å². The molecular formula is C11H20N2O3S. The molecular weight excluding hydrogens is 240 g/mol. The van der Waals surface area contributed by atoms with E-state index in [1.165, 1.54) is 4.90 Å². The van der Waals surface area contributed by atoms with Crippen LogP contribution in [0.4, 0.5) is 4.79 Å². The molecule has 0 rings (SSSR count). The standard InChI is InChI=1S/C11H20N2O3S/c1-8(2)7-13(3)11(16)12-9(10(14)15)5-6-17-4/h9H,1,5-7H2,2-4H3,(H,12,16)(H,14,15)/t9-/m0/s1. The molecule has 2 amide bonds. The second-order valence-corrected chi connectivity index (χ2v) is 4.92. The van der Waals surface area contributed by atoms with Crippen molar-refractivity contribution in [2.24, 2.45) is 0 Å². The van der Waals surface area contributed by atoms with Gasteiger partial charge in [-0.25, -0.2) is 9.59 Å². The molecule has 98 valence electrons. The largest absolute Gasteiger partial charge is 0.480 e. The lowest BCUT2D eigenvalue weighted by Crippen LogP contribution is -2.47. The van der Waals surface area contributed by atoms with Crippen LogP contribution in [-0.4, -0.2) is 53.6 Å². The summed E-state index contributed by atoms with van der Waals surface area (Å²) in [7, 11) is 1.61. The summed E-state index contributed by atoms with van der Waals surface area (Å²) < 4.78 is 0. The molecule has 0 aliphatic rings. The topological polar surface area (TPSA) is 69.6 Å². The molecule has 0 saturated heterocycles. The zero-order valence-corrected chi connectivity index (χ0v) is 11.3. The number of likely N-dealkylation sites (N-methyl/N-ethyl adjacent to an activating group) is 1. The number of carbonyl (C=O) groups excluding carboxylic acids is 1. The minimum Gasteiger partial charge on any atom is -0.480 e. The van der Waals surface area contributed by atoms with Gasteiger partial charge in [0.05, 0.1) is 0 Å². The highest BCUT2D eigenvalue weighted by molar-refractivity contribution is 7.98. The number of carbonyl (C=O) groups is 2. The monoisotopic (exact) mass is 260 g/mol. The maximum atomic E-state index is 11.7. The lowest BCUT2D eigenvalue weighted by atomic mass is 10.2. The predicted molar refractivity (Wildman–Crippen MR) is 70.4 cm³/mol. The van der Waals surface area contributed by atoms with E-state index in [0.29, 0.717) is 18.7 Å². The Morgan fingerprint density at radius 3 is 2.53 bits per heavy atom. The SMILES string of the molecule is C=C(C)CN(C)C(=O)N[C@@H](CCSC)C(=O)O. The lowest BCUT2D eigenvalue weighted by Gasteiger charge is -2.21. The van der Waals surface area contributed by atoms with Crippen molar-refractivity contribution in [2.45, 2.75) is 19.4 Å². The second kappa shape index (κ2) is 8.00. The number of rotatable bonds is 7. The highest BCUT2D eigenvalue weighted by Crippen LogP contribution is 2.02. The van der Waals surface area contributed by atoms with E-state index in [4.69, 9.17) is 5.11 Å². The summed E-state index contributed by atoms with van der Waals surface area (Å²) in [6.07, 6.45) is 2.32. The van der Waals surface area contributed by atoms with Gasteiger partial charge in [-0.1, -0.05) is 12.2 Å². The van der Waals surface area contributed by atoms with Crippen molar-refractivity contribution in [3.63, 3.8) is 0 Å². The van der Waals surface area contributed by atoms with E-state index in [1.54, 1.807) is 18.8 Å². The van der Waals surface area contributed by atoms with Gasteiger partial charge < -0.3 is 15.3 Å². The number of nitrogens with one attached hydrogen (secondary N) is 1. The number of hydrogen-bond donors (Lipinski definition) is 2. The molecule has 2 N–H and O–H groups in total. The van der Waals surface area contributed by atoms with Crippen LogP contribution in [-0.2, 0) is 4.79 Å². The molecule has 0 bridgehead atoms. The summed E-state index contributed by atoms with van der Waals surface area (Å²) >= 11 is 1.55. The molecule has 0 saturated carbocycles. The highest BCUT2D eigenvalue weighted by Gasteiger charge is 2.20. The predicted octanol–water partition coefficient (Wildman–Crippen LogP) is 1.41. The second-order valence-electron chi connectivity index (χ2n) is 3.93. The first kappa shape index (κ1) is 15.8. The third kappa shape index (κ3) is 6.88. The lowest BCUT2D eigenvalue weighted by molar-refractivity contribution is -0.139. The van der Waals surface area contributed by atoms with Gasteiger partial charge in [-0.05, 0) is 25.4 Å². The third-order valence-electron chi connectivity index (χ3n) is 2.06. The van der Waals surface area contributed by atoms with Gasteiger partial charge in [0.15, 0.2) is 0 Å². The van der Waals surface area contributed by atoms with E-state index < -0.39 is 12.0 Å². The molecule has 5 nitrogen and oxygen atoms in total. The Morgan fingerprint density at radius 1 is 1.53 bits per heavy atom. The van der Waals surface area contributed by atoms with Crippen LogP contribution in [0.25, 0.3) is 0 Å². The summed E-state index contributed by atoms with van der Waals surface area (Å²) in [6.45, 7) is 5.93. The molecule has 0 aliphatic carbocycles. The van der Waals surface area contributed by atoms with Gasteiger partial charge in [-0.2, -0.15) is 11.8 Å². The Bertz CT molecular complexity index is 294. The summed E-state index contributed by atoms with van der Waals surface area (Å²) in [5, 5.41) is 11.4. The first-order valence-corrected chi connectivity index (χ1v) is 6.65. The van der Waals surface area contributed by atoms with Crippen molar-refractivity contribution in [2.75, 3.05) is 25.6 Å². The summed E-state index contributed by atoms with van der Waals surface area (Å²) in [6, 6.07) is -1.22. The Kier molecular flexibility index (Phi) is 7.45. The minimum absolute atomic E-state index is 0.387. The summed E-state index contributed by atoms with van der Waals surface area (Å²) in [4.78, 5) is 24.0. The number of amides is 2. The molecule has 0 aliphatic heterocycles. The molecule has 0 unspecified atom stereocenters. The van der Waals surface area contributed by atoms with Crippen molar-refractivity contribution in [1.29, 1.82) is 0 Å². The van der Waals surface area contributed by atoms with Gasteiger partial charge in [0.25, 0.3) is 0 Å². The number of aliphatic carboxylic acids is 1. The molecule has 0 radical (unpaired) electrons. The molecule has 0 aromatic rings. The van der Waals surface area contributed by atoms with Gasteiger partial charge in [0.1, 0.15) is 6.04 Å². The van der Waals surface area contributed by atoms with Crippen LogP contribution in [0.1, 0.15) is 13.3 Å². The quantitative estimate of drug-likeness (QED) is 0.679. The van der Waals surface area contributed by atoms with Crippen LogP contribution in [0.15, 0.2) is 12.2 Å².